The molecular formula is C31H36N6O7. The predicted molar refractivity (Wildman–Crippen MR) is 161 cm³/mol. The fraction of sp³-hybridized carbons (Fsp3) is 0.258. The third-order valence-corrected chi connectivity index (χ3v) is 6.82. The maximum atomic E-state index is 13.8. The molecule has 0 saturated heterocycles. The zero-order chi connectivity index (χ0) is 32.3. The summed E-state index contributed by atoms with van der Waals surface area (Å²) in [7, 11) is 0. The number of aromatic carboxylic acids is 1. The Balaban J connectivity index is 1.89. The van der Waals surface area contributed by atoms with Gasteiger partial charge in [0.05, 0.1) is 12.0 Å². The van der Waals surface area contributed by atoms with E-state index in [-0.39, 0.29) is 24.2 Å². The van der Waals surface area contributed by atoms with E-state index >= 15 is 0 Å². The monoisotopic (exact) mass is 604 g/mol. The van der Waals surface area contributed by atoms with Gasteiger partial charge in [-0.05, 0) is 54.3 Å². The summed E-state index contributed by atoms with van der Waals surface area (Å²) < 4.78 is 0. The Hall–Kier alpha value is -5.27. The summed E-state index contributed by atoms with van der Waals surface area (Å²) in [5.41, 5.74) is 17.1. The van der Waals surface area contributed by atoms with Crippen LogP contribution in [0, 0.1) is 0 Å². The lowest BCUT2D eigenvalue weighted by Gasteiger charge is -2.33. The third kappa shape index (κ3) is 9.93. The van der Waals surface area contributed by atoms with Crippen LogP contribution in [0.3, 0.4) is 0 Å². The third-order valence-electron chi connectivity index (χ3n) is 6.82. The molecule has 4 amide bonds. The first-order valence-corrected chi connectivity index (χ1v) is 13.7. The molecule has 3 aromatic rings. The average Bonchev–Trinajstić information content (AvgIpc) is 2.97. The number of carboxylic acid groups (broad SMARTS) is 1. The molecule has 0 aliphatic heterocycles. The van der Waals surface area contributed by atoms with Gasteiger partial charge in [-0.15, -0.1) is 0 Å². The molecule has 0 aromatic heterocycles. The van der Waals surface area contributed by atoms with E-state index in [4.69, 9.17) is 11.5 Å². The molecule has 0 saturated carbocycles. The summed E-state index contributed by atoms with van der Waals surface area (Å²) in [6.45, 7) is 1.81. The van der Waals surface area contributed by atoms with E-state index in [1.54, 1.807) is 12.1 Å². The number of phenols is 1. The van der Waals surface area contributed by atoms with Gasteiger partial charge in [0.2, 0.25) is 23.6 Å². The number of aromatic hydroxyl groups is 1. The molecule has 13 heteroatoms. The van der Waals surface area contributed by atoms with Crippen LogP contribution in [-0.4, -0.2) is 57.4 Å². The number of carboxylic acids is 1. The van der Waals surface area contributed by atoms with Crippen LogP contribution < -0.4 is 33.0 Å². The van der Waals surface area contributed by atoms with Crippen molar-refractivity contribution in [3.05, 3.63) is 101 Å². The maximum Gasteiger partial charge on any atom is 0.335 e. The lowest BCUT2D eigenvalue weighted by molar-refractivity contribution is -0.136. The van der Waals surface area contributed by atoms with Crippen LogP contribution in [-0.2, 0) is 38.6 Å². The number of phenolic OH excluding ortho intramolecular Hbond substituents is 1. The van der Waals surface area contributed by atoms with Crippen molar-refractivity contribution in [3.63, 3.8) is 0 Å². The highest BCUT2D eigenvalue weighted by molar-refractivity contribution is 5.97. The number of hydrazine groups is 1. The quantitative estimate of drug-likeness (QED) is 0.105. The highest BCUT2D eigenvalue weighted by atomic mass is 16.4. The van der Waals surface area contributed by atoms with Crippen LogP contribution in [0.25, 0.3) is 0 Å². The summed E-state index contributed by atoms with van der Waals surface area (Å²) in [4.78, 5) is 62.3. The molecule has 0 spiro atoms. The van der Waals surface area contributed by atoms with E-state index in [1.165, 1.54) is 43.3 Å². The number of rotatable bonds is 16. The molecule has 10 N–H and O–H groups in total. The van der Waals surface area contributed by atoms with Gasteiger partial charge in [0.1, 0.15) is 23.4 Å². The molecule has 0 aliphatic carbocycles. The highest BCUT2D eigenvalue weighted by Gasteiger charge is 2.39. The van der Waals surface area contributed by atoms with Crippen molar-refractivity contribution in [2.24, 2.45) is 11.5 Å². The molecule has 0 unspecified atom stereocenters. The largest absolute Gasteiger partial charge is 0.508 e. The fourth-order valence-electron chi connectivity index (χ4n) is 4.40. The Morgan fingerprint density at radius 3 is 2.00 bits per heavy atom. The lowest BCUT2D eigenvalue weighted by atomic mass is 9.90. The number of primary amides is 2. The number of hydrogen-bond acceptors (Lipinski definition) is 8. The molecule has 13 nitrogen and oxygen atoms in total. The van der Waals surface area contributed by atoms with Crippen molar-refractivity contribution in [1.82, 2.24) is 21.5 Å². The molecule has 3 atom stereocenters. The average molecular weight is 605 g/mol. The van der Waals surface area contributed by atoms with E-state index in [0.29, 0.717) is 17.7 Å². The molecule has 0 fully saturated rings. The Morgan fingerprint density at radius 2 is 1.43 bits per heavy atom. The van der Waals surface area contributed by atoms with Gasteiger partial charge in [0.25, 0.3) is 0 Å². The topological polar surface area (TPSA) is 226 Å². The first kappa shape index (κ1) is 33.2. The highest BCUT2D eigenvalue weighted by Crippen LogP contribution is 2.18. The minimum atomic E-state index is -1.71. The van der Waals surface area contributed by atoms with Crippen LogP contribution in [0.15, 0.2) is 78.9 Å². The molecule has 232 valence electrons. The summed E-state index contributed by atoms with van der Waals surface area (Å²) in [6.07, 6.45) is -0.507. The zero-order valence-electron chi connectivity index (χ0n) is 24.1. The van der Waals surface area contributed by atoms with Gasteiger partial charge in [0.15, 0.2) is 0 Å². The second-order valence-electron chi connectivity index (χ2n) is 10.5. The van der Waals surface area contributed by atoms with Crippen LogP contribution >= 0.6 is 0 Å². The van der Waals surface area contributed by atoms with Crippen LogP contribution in [0.4, 0.5) is 0 Å². The van der Waals surface area contributed by atoms with Gasteiger partial charge in [-0.1, -0.05) is 54.6 Å². The molecule has 3 aromatic carbocycles. The SMILES string of the molecule is C[C@](Cc1ccc(C(=O)O)cc1)(NC(=O)[C@H](Cc1ccc(O)cc1)NNCc1ccccc1)C(=O)N[C@@H](CC(N)=O)C(N)=O. The second-order valence-corrected chi connectivity index (χ2v) is 10.5. The molecule has 0 aliphatic rings. The van der Waals surface area contributed by atoms with Crippen LogP contribution in [0.2, 0.25) is 0 Å². The van der Waals surface area contributed by atoms with E-state index in [9.17, 15) is 34.2 Å². The fourth-order valence-corrected chi connectivity index (χ4v) is 4.40. The van der Waals surface area contributed by atoms with Gasteiger partial charge >= 0.3 is 5.97 Å². The number of amides is 4. The lowest BCUT2D eigenvalue weighted by Crippen LogP contribution is -2.64. The number of benzene rings is 3. The molecule has 0 bridgehead atoms. The first-order valence-electron chi connectivity index (χ1n) is 13.7. The normalized spacial score (nSPS) is 13.6. The number of nitrogens with two attached hydrogens (primary N) is 2. The minimum Gasteiger partial charge on any atom is -0.508 e. The number of carbonyl (C=O) groups excluding carboxylic acids is 4. The van der Waals surface area contributed by atoms with Crippen molar-refractivity contribution >= 4 is 29.6 Å². The standard InChI is InChI=1S/C31H36N6O7/c1-31(17-20-7-11-22(12-8-20)29(42)43,30(44)35-24(27(33)40)16-26(32)39)36-28(41)25(15-19-9-13-23(38)14-10-19)37-34-18-21-5-3-2-4-6-21/h2-14,24-25,34,37-38H,15-18H2,1H3,(H2,32,39)(H2,33,40)(H,35,44)(H,36,41)(H,42,43)/t24-,25-,31+/m0/s1. The van der Waals surface area contributed by atoms with Gasteiger partial charge in [-0.3, -0.25) is 24.6 Å². The number of nitrogens with one attached hydrogen (secondary N) is 4. The van der Waals surface area contributed by atoms with Gasteiger partial charge in [-0.25, -0.2) is 10.2 Å². The molecule has 0 heterocycles. The Morgan fingerprint density at radius 1 is 0.818 bits per heavy atom. The summed E-state index contributed by atoms with van der Waals surface area (Å²) >= 11 is 0. The van der Waals surface area contributed by atoms with Crippen molar-refractivity contribution < 1.29 is 34.2 Å². The Bertz CT molecular complexity index is 1470. The van der Waals surface area contributed by atoms with E-state index in [0.717, 1.165) is 5.56 Å². The molecule has 0 radical (unpaired) electrons. The molecule has 3 rings (SSSR count). The van der Waals surface area contributed by atoms with E-state index < -0.39 is 53.6 Å². The van der Waals surface area contributed by atoms with Crippen molar-refractivity contribution in [1.29, 1.82) is 0 Å². The van der Waals surface area contributed by atoms with Crippen molar-refractivity contribution in [2.75, 3.05) is 0 Å². The van der Waals surface area contributed by atoms with Gasteiger partial charge in [0, 0.05) is 13.0 Å². The molecular weight excluding hydrogens is 568 g/mol. The zero-order valence-corrected chi connectivity index (χ0v) is 24.1. The van der Waals surface area contributed by atoms with Gasteiger partial charge in [-0.2, -0.15) is 0 Å². The number of hydrogen-bond donors (Lipinski definition) is 8. The van der Waals surface area contributed by atoms with E-state index in [1.807, 2.05) is 30.3 Å². The summed E-state index contributed by atoms with van der Waals surface area (Å²) in [5.74, 6) is -4.35. The summed E-state index contributed by atoms with van der Waals surface area (Å²) in [5, 5.41) is 24.1. The molecule has 44 heavy (non-hydrogen) atoms. The van der Waals surface area contributed by atoms with Crippen LogP contribution in [0.1, 0.15) is 40.4 Å². The Kier molecular flexibility index (Phi) is 11.5. The van der Waals surface area contributed by atoms with Gasteiger partial charge < -0.3 is 32.3 Å². The van der Waals surface area contributed by atoms with Crippen molar-refractivity contribution in [2.45, 2.75) is 50.4 Å². The first-order chi connectivity index (χ1) is 20.9. The van der Waals surface area contributed by atoms with E-state index in [2.05, 4.69) is 21.5 Å². The maximum absolute atomic E-state index is 13.8. The number of carbonyl (C=O) groups is 5. The predicted octanol–water partition coefficient (Wildman–Crippen LogP) is 0.259. The smallest absolute Gasteiger partial charge is 0.335 e. The Labute approximate surface area is 254 Å². The summed E-state index contributed by atoms with van der Waals surface area (Å²) in [6, 6.07) is 19.1. The van der Waals surface area contributed by atoms with Crippen molar-refractivity contribution in [3.8, 4) is 5.75 Å². The van der Waals surface area contributed by atoms with Crippen LogP contribution in [0.5, 0.6) is 5.75 Å². The second kappa shape index (κ2) is 15.3. The minimum absolute atomic E-state index is 0.0295.